The highest BCUT2D eigenvalue weighted by atomic mass is 35.5. The minimum Gasteiger partial charge on any atom is -0.322 e. The molecule has 39 heavy (non-hydrogen) atoms. The van der Waals surface area contributed by atoms with Gasteiger partial charge in [0.2, 0.25) is 0 Å². The fourth-order valence-electron chi connectivity index (χ4n) is 4.74. The summed E-state index contributed by atoms with van der Waals surface area (Å²) in [4.78, 5) is 25.7. The second kappa shape index (κ2) is 14.6. The van der Waals surface area contributed by atoms with Crippen molar-refractivity contribution >= 4 is 49.7 Å². The van der Waals surface area contributed by atoms with Crippen molar-refractivity contribution in [2.45, 2.75) is 95.9 Å². The molecule has 1 heterocycles. The van der Waals surface area contributed by atoms with Gasteiger partial charge < -0.3 is 5.32 Å². The van der Waals surface area contributed by atoms with Crippen LogP contribution in [-0.4, -0.2) is 35.6 Å². The molecule has 1 unspecified atom stereocenters. The van der Waals surface area contributed by atoms with Crippen molar-refractivity contribution in [2.24, 2.45) is 0 Å². The number of rotatable bonds is 16. The molecule has 0 bridgehead atoms. The Balaban J connectivity index is 1.57. The first-order valence-electron chi connectivity index (χ1n) is 13.9. The van der Waals surface area contributed by atoms with Gasteiger partial charge in [0.15, 0.2) is 21.7 Å². The Bertz CT molecular complexity index is 1380. The van der Waals surface area contributed by atoms with Crippen molar-refractivity contribution in [2.75, 3.05) is 11.1 Å². The maximum atomic E-state index is 13.1. The van der Waals surface area contributed by atoms with E-state index >= 15 is 0 Å². The SMILES string of the molecule is CCCCCCCCCCCCS(=O)(=O)c1ccc(NC(=O)C(C(C)=O)n2ncc3cc(C)ccc32)c(Cl)c1. The normalized spacial score (nSPS) is 12.5. The predicted molar refractivity (Wildman–Crippen MR) is 158 cm³/mol. The topological polar surface area (TPSA) is 98.1 Å². The number of nitrogens with zero attached hydrogens (tertiary/aromatic N) is 2. The molecule has 1 atom stereocenters. The summed E-state index contributed by atoms with van der Waals surface area (Å²) in [5.74, 6) is -0.926. The summed E-state index contributed by atoms with van der Waals surface area (Å²) in [6, 6.07) is 8.72. The molecule has 3 aromatic rings. The lowest BCUT2D eigenvalue weighted by Gasteiger charge is -2.17. The van der Waals surface area contributed by atoms with Crippen LogP contribution in [-0.2, 0) is 19.4 Å². The van der Waals surface area contributed by atoms with E-state index in [-0.39, 0.29) is 27.1 Å². The molecule has 2 aromatic carbocycles. The van der Waals surface area contributed by atoms with Gasteiger partial charge in [0.25, 0.3) is 5.91 Å². The summed E-state index contributed by atoms with van der Waals surface area (Å²) >= 11 is 6.38. The van der Waals surface area contributed by atoms with Gasteiger partial charge in [0.05, 0.1) is 33.1 Å². The minimum absolute atomic E-state index is 0.0593. The van der Waals surface area contributed by atoms with Crippen molar-refractivity contribution in [1.82, 2.24) is 9.78 Å². The average molecular weight is 574 g/mol. The van der Waals surface area contributed by atoms with Crippen LogP contribution < -0.4 is 5.32 Å². The Morgan fingerprint density at radius 2 is 1.59 bits per heavy atom. The zero-order valence-corrected chi connectivity index (χ0v) is 24.8. The highest BCUT2D eigenvalue weighted by Gasteiger charge is 2.28. The van der Waals surface area contributed by atoms with Crippen LogP contribution >= 0.6 is 11.6 Å². The number of aryl methyl sites for hydroxylation is 1. The van der Waals surface area contributed by atoms with Crippen LogP contribution in [0.15, 0.2) is 47.5 Å². The number of carbonyl (C=O) groups excluding carboxylic acids is 2. The molecule has 0 saturated carbocycles. The number of Topliss-reactive ketones (excluding diaryl/α,β-unsaturated/α-hetero) is 1. The zero-order valence-electron chi connectivity index (χ0n) is 23.2. The standard InChI is InChI=1S/C30H40ClN3O4S/c1-4-5-6-7-8-9-10-11-12-13-18-39(37,38)25-15-16-27(26(31)20-25)33-30(36)29(23(3)35)34-28-17-14-22(2)19-24(28)21-32-34/h14-17,19-21,29H,4-13,18H2,1-3H3,(H,33,36). The summed E-state index contributed by atoms with van der Waals surface area (Å²) in [5.41, 5.74) is 1.94. The first-order chi connectivity index (χ1) is 18.6. The Hall–Kier alpha value is -2.71. The molecule has 0 saturated heterocycles. The molecule has 0 radical (unpaired) electrons. The van der Waals surface area contributed by atoms with Crippen molar-refractivity contribution in [3.05, 3.63) is 53.2 Å². The average Bonchev–Trinajstić information content (AvgIpc) is 3.28. The summed E-state index contributed by atoms with van der Waals surface area (Å²) in [5, 5.41) is 7.87. The molecule has 0 aliphatic carbocycles. The number of hydrogen-bond donors (Lipinski definition) is 1. The number of anilines is 1. The lowest BCUT2D eigenvalue weighted by atomic mass is 10.1. The molecule has 1 aromatic heterocycles. The Labute approximate surface area is 237 Å². The van der Waals surface area contributed by atoms with Gasteiger partial charge >= 0.3 is 0 Å². The number of hydrogen-bond acceptors (Lipinski definition) is 5. The number of nitrogens with one attached hydrogen (secondary N) is 1. The number of amides is 1. The summed E-state index contributed by atoms with van der Waals surface area (Å²) < 4.78 is 27.1. The van der Waals surface area contributed by atoms with E-state index in [1.807, 2.05) is 25.1 Å². The van der Waals surface area contributed by atoms with E-state index in [1.165, 1.54) is 68.3 Å². The highest BCUT2D eigenvalue weighted by Crippen LogP contribution is 2.28. The van der Waals surface area contributed by atoms with E-state index in [9.17, 15) is 18.0 Å². The zero-order chi connectivity index (χ0) is 28.4. The van der Waals surface area contributed by atoms with E-state index in [2.05, 4.69) is 17.3 Å². The summed E-state index contributed by atoms with van der Waals surface area (Å²) in [6.45, 7) is 5.50. The van der Waals surface area contributed by atoms with Gasteiger partial charge in [-0.2, -0.15) is 5.10 Å². The van der Waals surface area contributed by atoms with Gasteiger partial charge in [0, 0.05) is 5.39 Å². The monoisotopic (exact) mass is 573 g/mol. The predicted octanol–water partition coefficient (Wildman–Crippen LogP) is 7.46. The number of benzene rings is 2. The van der Waals surface area contributed by atoms with E-state index < -0.39 is 21.8 Å². The van der Waals surface area contributed by atoms with Crippen LogP contribution in [0.3, 0.4) is 0 Å². The van der Waals surface area contributed by atoms with E-state index in [0.29, 0.717) is 11.9 Å². The molecular formula is C30H40ClN3O4S. The molecule has 7 nitrogen and oxygen atoms in total. The largest absolute Gasteiger partial charge is 0.322 e. The van der Waals surface area contributed by atoms with Crippen LogP contribution in [0, 0.1) is 6.92 Å². The molecule has 0 fully saturated rings. The Morgan fingerprint density at radius 3 is 2.21 bits per heavy atom. The Morgan fingerprint density at radius 1 is 0.949 bits per heavy atom. The van der Waals surface area contributed by atoms with E-state index in [4.69, 9.17) is 11.6 Å². The van der Waals surface area contributed by atoms with Crippen molar-refractivity contribution in [1.29, 1.82) is 0 Å². The summed E-state index contributed by atoms with van der Waals surface area (Å²) in [7, 11) is -3.49. The van der Waals surface area contributed by atoms with Crippen LogP contribution in [0.2, 0.25) is 5.02 Å². The number of fused-ring (bicyclic) bond motifs is 1. The van der Waals surface area contributed by atoms with Gasteiger partial charge in [0.1, 0.15) is 0 Å². The van der Waals surface area contributed by atoms with Crippen molar-refractivity contribution in [3.8, 4) is 0 Å². The van der Waals surface area contributed by atoms with Gasteiger partial charge in [-0.1, -0.05) is 87.9 Å². The fourth-order valence-corrected chi connectivity index (χ4v) is 6.42. The first-order valence-corrected chi connectivity index (χ1v) is 15.9. The molecule has 0 aliphatic heterocycles. The maximum Gasteiger partial charge on any atom is 0.256 e. The second-order valence-electron chi connectivity index (χ2n) is 10.3. The molecule has 1 amide bonds. The smallest absolute Gasteiger partial charge is 0.256 e. The number of unbranched alkanes of at least 4 members (excludes halogenated alkanes) is 9. The molecule has 3 rings (SSSR count). The van der Waals surface area contributed by atoms with Crippen LogP contribution in [0.5, 0.6) is 0 Å². The fraction of sp³-hybridized carbons (Fsp3) is 0.500. The van der Waals surface area contributed by atoms with Crippen molar-refractivity contribution in [3.63, 3.8) is 0 Å². The number of halogens is 1. The van der Waals surface area contributed by atoms with Crippen LogP contribution in [0.1, 0.15) is 89.7 Å². The molecule has 212 valence electrons. The van der Waals surface area contributed by atoms with Gasteiger partial charge in [-0.15, -0.1) is 0 Å². The lowest BCUT2D eigenvalue weighted by Crippen LogP contribution is -2.32. The number of sulfone groups is 1. The number of ketones is 1. The van der Waals surface area contributed by atoms with Gasteiger partial charge in [-0.05, 0) is 50.6 Å². The van der Waals surface area contributed by atoms with Gasteiger partial charge in [-0.3, -0.25) is 9.59 Å². The third-order valence-electron chi connectivity index (χ3n) is 6.95. The van der Waals surface area contributed by atoms with E-state index in [0.717, 1.165) is 30.2 Å². The number of aromatic nitrogens is 2. The van der Waals surface area contributed by atoms with Gasteiger partial charge in [-0.25, -0.2) is 13.1 Å². The third kappa shape index (κ3) is 8.64. The molecular weight excluding hydrogens is 534 g/mol. The highest BCUT2D eigenvalue weighted by molar-refractivity contribution is 7.91. The minimum atomic E-state index is -3.49. The molecule has 1 N–H and O–H groups in total. The quantitative estimate of drug-likeness (QED) is 0.142. The Kier molecular flexibility index (Phi) is 11.5. The van der Waals surface area contributed by atoms with E-state index in [1.54, 1.807) is 6.20 Å². The third-order valence-corrected chi connectivity index (χ3v) is 9.06. The summed E-state index contributed by atoms with van der Waals surface area (Å²) in [6.07, 6.45) is 12.9. The van der Waals surface area contributed by atoms with Crippen LogP contribution in [0.25, 0.3) is 10.9 Å². The van der Waals surface area contributed by atoms with Crippen molar-refractivity contribution < 1.29 is 18.0 Å². The number of carbonyl (C=O) groups is 2. The lowest BCUT2D eigenvalue weighted by molar-refractivity contribution is -0.129. The maximum absolute atomic E-state index is 13.1. The molecule has 0 spiro atoms. The second-order valence-corrected chi connectivity index (χ2v) is 12.8. The van der Waals surface area contributed by atoms with Crippen LogP contribution in [0.4, 0.5) is 5.69 Å². The first kappa shape index (κ1) is 30.8. The molecule has 0 aliphatic rings. The molecule has 9 heteroatoms.